The third-order valence-electron chi connectivity index (χ3n) is 6.34. The first-order valence-corrected chi connectivity index (χ1v) is 12.4. The maximum absolute atomic E-state index is 13.0. The average molecular weight is 518 g/mol. The van der Waals surface area contributed by atoms with E-state index in [0.29, 0.717) is 36.5 Å². The predicted molar refractivity (Wildman–Crippen MR) is 132 cm³/mol. The van der Waals surface area contributed by atoms with Gasteiger partial charge in [0.2, 0.25) is 5.91 Å². The number of amides is 2. The van der Waals surface area contributed by atoms with E-state index in [2.05, 4.69) is 10.3 Å². The van der Waals surface area contributed by atoms with Crippen LogP contribution in [0.3, 0.4) is 0 Å². The fourth-order valence-corrected chi connectivity index (χ4v) is 5.14. The average Bonchev–Trinajstić information content (AvgIpc) is 3.36. The number of hydrogen-bond acceptors (Lipinski definition) is 5. The lowest BCUT2D eigenvalue weighted by Gasteiger charge is -2.32. The second-order valence-electron chi connectivity index (χ2n) is 8.74. The van der Waals surface area contributed by atoms with Gasteiger partial charge in [0.05, 0.1) is 19.0 Å². The van der Waals surface area contributed by atoms with E-state index >= 15 is 0 Å². The molecule has 0 spiro atoms. The molecule has 3 aromatic rings. The Hall–Kier alpha value is -3.40. The number of halogens is 3. The number of carbonyl (C=O) groups is 2. The second kappa shape index (κ2) is 10.7. The molecule has 4 rings (SSSR count). The molecule has 1 fully saturated rings. The van der Waals surface area contributed by atoms with Gasteiger partial charge in [0.25, 0.3) is 5.91 Å². The summed E-state index contributed by atoms with van der Waals surface area (Å²) in [7, 11) is 1.62. The number of carbonyl (C=O) groups excluding carboxylic acids is 2. The molecule has 36 heavy (non-hydrogen) atoms. The first kappa shape index (κ1) is 25.7. The number of alkyl halides is 3. The van der Waals surface area contributed by atoms with E-state index in [4.69, 9.17) is 4.74 Å². The third-order valence-corrected chi connectivity index (χ3v) is 7.17. The summed E-state index contributed by atoms with van der Waals surface area (Å²) < 4.78 is 44.3. The summed E-state index contributed by atoms with van der Waals surface area (Å²) in [5, 5.41) is 2.51. The van der Waals surface area contributed by atoms with E-state index < -0.39 is 22.7 Å². The number of methoxy groups -OCH3 is 1. The van der Waals surface area contributed by atoms with Gasteiger partial charge in [-0.05, 0) is 60.6 Å². The van der Waals surface area contributed by atoms with E-state index in [1.54, 1.807) is 19.2 Å². The molecule has 1 saturated heterocycles. The highest BCUT2D eigenvalue weighted by Gasteiger charge is 2.38. The van der Waals surface area contributed by atoms with E-state index in [1.165, 1.54) is 0 Å². The lowest BCUT2D eigenvalue weighted by molar-refractivity contribution is -0.141. The zero-order valence-corrected chi connectivity index (χ0v) is 20.7. The van der Waals surface area contributed by atoms with Crippen molar-refractivity contribution in [3.8, 4) is 5.75 Å². The summed E-state index contributed by atoms with van der Waals surface area (Å²) in [5.74, 6) is 0.321. The fraction of sp³-hybridized carbons (Fsp3) is 0.346. The Morgan fingerprint density at radius 1 is 1.14 bits per heavy atom. The molecular formula is C26H26F3N3O3S. The smallest absolute Gasteiger partial charge is 0.434 e. The minimum atomic E-state index is -4.68. The first-order chi connectivity index (χ1) is 17.2. The number of aromatic nitrogens is 1. The largest absolute Gasteiger partial charge is 0.496 e. The van der Waals surface area contributed by atoms with Gasteiger partial charge in [-0.1, -0.05) is 24.3 Å². The molecule has 0 radical (unpaired) electrons. The van der Waals surface area contributed by atoms with Crippen molar-refractivity contribution in [3.63, 3.8) is 0 Å². The van der Waals surface area contributed by atoms with Gasteiger partial charge in [-0.3, -0.25) is 9.59 Å². The molecule has 6 nitrogen and oxygen atoms in total. The molecule has 1 aromatic heterocycles. The van der Waals surface area contributed by atoms with Gasteiger partial charge < -0.3 is 15.0 Å². The van der Waals surface area contributed by atoms with Crippen molar-refractivity contribution >= 4 is 28.8 Å². The summed E-state index contributed by atoms with van der Waals surface area (Å²) in [4.78, 5) is 29.8. The van der Waals surface area contributed by atoms with Gasteiger partial charge in [-0.25, -0.2) is 4.98 Å². The number of piperidine rings is 1. The number of benzene rings is 2. The third kappa shape index (κ3) is 5.87. The number of likely N-dealkylation sites (tertiary alicyclic amines) is 1. The van der Waals surface area contributed by atoms with Crippen LogP contribution in [0.5, 0.6) is 5.75 Å². The van der Waals surface area contributed by atoms with Gasteiger partial charge in [0, 0.05) is 18.8 Å². The summed E-state index contributed by atoms with van der Waals surface area (Å²) in [6.07, 6.45) is -2.70. The summed E-state index contributed by atoms with van der Waals surface area (Å²) in [6, 6.07) is 12.9. The fourth-order valence-electron chi connectivity index (χ4n) is 4.43. The highest BCUT2D eigenvalue weighted by atomic mass is 32.1. The molecule has 1 N–H and O–H groups in total. The number of thiazole rings is 1. The van der Waals surface area contributed by atoms with Crippen LogP contribution in [0.4, 0.5) is 18.9 Å². The van der Waals surface area contributed by atoms with Crippen LogP contribution < -0.4 is 10.1 Å². The number of ether oxygens (including phenoxy) is 1. The Bertz CT molecular complexity index is 1230. The number of nitrogens with one attached hydrogen (secondary N) is 1. The molecular weight excluding hydrogens is 491 g/mol. The standard InChI is InChI=1S/C26H26F3N3O3S/c1-16-13-17(3-8-21(16)35-2)14-22(33)32-11-9-19(10-12-32)18-4-6-20(7-5-18)31-25(34)23-24(26(27,28)29)30-15-36-23/h3-8,13,15,19H,9-12,14H2,1-2H3,(H,31,34). The molecule has 2 amide bonds. The minimum Gasteiger partial charge on any atom is -0.496 e. The van der Waals surface area contributed by atoms with Gasteiger partial charge in [-0.2, -0.15) is 13.2 Å². The van der Waals surface area contributed by atoms with Crippen LogP contribution in [0.1, 0.15) is 50.8 Å². The quantitative estimate of drug-likeness (QED) is 0.457. The van der Waals surface area contributed by atoms with E-state index in [-0.39, 0.29) is 11.8 Å². The SMILES string of the molecule is COc1ccc(CC(=O)N2CCC(c3ccc(NC(=O)c4scnc4C(F)(F)F)cc3)CC2)cc1C. The molecule has 2 aromatic carbocycles. The van der Waals surface area contributed by atoms with Crippen molar-refractivity contribution in [2.45, 2.75) is 38.3 Å². The predicted octanol–water partition coefficient (Wildman–Crippen LogP) is 5.68. The van der Waals surface area contributed by atoms with Crippen molar-refractivity contribution < 1.29 is 27.5 Å². The number of nitrogens with zero attached hydrogens (tertiary/aromatic N) is 2. The lowest BCUT2D eigenvalue weighted by Crippen LogP contribution is -2.38. The number of anilines is 1. The Morgan fingerprint density at radius 3 is 2.44 bits per heavy atom. The minimum absolute atomic E-state index is 0.0948. The van der Waals surface area contributed by atoms with Crippen molar-refractivity contribution in [2.75, 3.05) is 25.5 Å². The Morgan fingerprint density at radius 2 is 1.83 bits per heavy atom. The van der Waals surface area contributed by atoms with Crippen LogP contribution in [0, 0.1) is 6.92 Å². The lowest BCUT2D eigenvalue weighted by atomic mass is 9.89. The topological polar surface area (TPSA) is 71.5 Å². The molecule has 0 aliphatic carbocycles. The molecule has 0 unspecified atom stereocenters. The summed E-state index contributed by atoms with van der Waals surface area (Å²) in [6.45, 7) is 3.26. The summed E-state index contributed by atoms with van der Waals surface area (Å²) >= 11 is 0.654. The van der Waals surface area contributed by atoms with E-state index in [1.807, 2.05) is 42.2 Å². The summed E-state index contributed by atoms with van der Waals surface area (Å²) in [5.41, 5.74) is 3.26. The Labute approximate surface area is 211 Å². The van der Waals surface area contributed by atoms with Crippen LogP contribution in [-0.4, -0.2) is 41.9 Å². The molecule has 1 aliphatic rings. The van der Waals surface area contributed by atoms with Crippen molar-refractivity contribution in [1.82, 2.24) is 9.88 Å². The molecule has 0 bridgehead atoms. The van der Waals surface area contributed by atoms with Crippen LogP contribution in [0.25, 0.3) is 0 Å². The van der Waals surface area contributed by atoms with Crippen molar-refractivity contribution in [1.29, 1.82) is 0 Å². The maximum Gasteiger partial charge on any atom is 0.434 e. The van der Waals surface area contributed by atoms with Gasteiger partial charge in [-0.15, -0.1) is 11.3 Å². The zero-order valence-electron chi connectivity index (χ0n) is 19.9. The molecule has 0 saturated carbocycles. The molecule has 1 aliphatic heterocycles. The van der Waals surface area contributed by atoms with Gasteiger partial charge in [0.15, 0.2) is 5.69 Å². The molecule has 10 heteroatoms. The van der Waals surface area contributed by atoms with E-state index in [9.17, 15) is 22.8 Å². The van der Waals surface area contributed by atoms with Crippen molar-refractivity contribution in [2.24, 2.45) is 0 Å². The maximum atomic E-state index is 13.0. The van der Waals surface area contributed by atoms with E-state index in [0.717, 1.165) is 40.8 Å². The highest BCUT2D eigenvalue weighted by Crippen LogP contribution is 2.33. The number of hydrogen-bond donors (Lipinski definition) is 1. The zero-order chi connectivity index (χ0) is 25.9. The molecule has 2 heterocycles. The normalized spacial score (nSPS) is 14.5. The second-order valence-corrected chi connectivity index (χ2v) is 9.59. The highest BCUT2D eigenvalue weighted by molar-refractivity contribution is 7.12. The molecule has 190 valence electrons. The van der Waals surface area contributed by atoms with Crippen LogP contribution >= 0.6 is 11.3 Å². The van der Waals surface area contributed by atoms with Gasteiger partial charge >= 0.3 is 6.18 Å². The number of rotatable bonds is 6. The van der Waals surface area contributed by atoms with Crippen LogP contribution in [0.15, 0.2) is 48.0 Å². The number of aryl methyl sites for hydroxylation is 1. The Kier molecular flexibility index (Phi) is 7.63. The molecule has 0 atom stereocenters. The van der Waals surface area contributed by atoms with Crippen molar-refractivity contribution in [3.05, 3.63) is 75.2 Å². The van der Waals surface area contributed by atoms with Crippen LogP contribution in [-0.2, 0) is 17.4 Å². The van der Waals surface area contributed by atoms with Crippen LogP contribution in [0.2, 0.25) is 0 Å². The first-order valence-electron chi connectivity index (χ1n) is 11.5. The Balaban J connectivity index is 1.30. The monoisotopic (exact) mass is 517 g/mol. The van der Waals surface area contributed by atoms with Gasteiger partial charge in [0.1, 0.15) is 10.6 Å².